The maximum absolute atomic E-state index is 4.27. The number of nitrogens with one attached hydrogen (secondary N) is 1. The zero-order valence-corrected chi connectivity index (χ0v) is 12.3. The molecular weight excluding hydrogens is 234 g/mol. The highest BCUT2D eigenvalue weighted by molar-refractivity contribution is 5.24. The van der Waals surface area contributed by atoms with Crippen LogP contribution in [0.3, 0.4) is 0 Å². The lowest BCUT2D eigenvalue weighted by Crippen LogP contribution is -2.32. The van der Waals surface area contributed by atoms with E-state index in [0.29, 0.717) is 0 Å². The lowest BCUT2D eigenvalue weighted by Gasteiger charge is -2.25. The van der Waals surface area contributed by atoms with Crippen LogP contribution in [0.2, 0.25) is 0 Å². The second kappa shape index (κ2) is 5.57. The van der Waals surface area contributed by atoms with Crippen molar-refractivity contribution < 1.29 is 0 Å². The summed E-state index contributed by atoms with van der Waals surface area (Å²) in [4.78, 5) is 0. The van der Waals surface area contributed by atoms with E-state index in [1.54, 1.807) is 0 Å². The number of hydrogen-bond acceptors (Lipinski definition) is 2. The average molecular weight is 257 g/mol. The Morgan fingerprint density at radius 1 is 1.21 bits per heavy atom. The normalized spacial score (nSPS) is 11.8. The summed E-state index contributed by atoms with van der Waals surface area (Å²) in [5.41, 5.74) is 4.00. The van der Waals surface area contributed by atoms with Crippen molar-refractivity contribution in [2.45, 2.75) is 32.7 Å². The second-order valence-corrected chi connectivity index (χ2v) is 5.73. The fourth-order valence-electron chi connectivity index (χ4n) is 2.22. The van der Waals surface area contributed by atoms with Crippen molar-refractivity contribution in [3.8, 4) is 0 Å². The summed E-state index contributed by atoms with van der Waals surface area (Å²) in [5.74, 6) is 0. The van der Waals surface area contributed by atoms with Crippen LogP contribution in [0.4, 0.5) is 0 Å². The Morgan fingerprint density at radius 3 is 2.47 bits per heavy atom. The van der Waals surface area contributed by atoms with Gasteiger partial charge >= 0.3 is 0 Å². The summed E-state index contributed by atoms with van der Waals surface area (Å²) in [7, 11) is 1.98. The third kappa shape index (κ3) is 3.24. The van der Waals surface area contributed by atoms with E-state index in [1.807, 2.05) is 17.9 Å². The lowest BCUT2D eigenvalue weighted by molar-refractivity contribution is 0.468. The fraction of sp³-hybridized carbons (Fsp3) is 0.438. The number of benzene rings is 1. The van der Waals surface area contributed by atoms with Crippen molar-refractivity contribution >= 4 is 0 Å². The van der Waals surface area contributed by atoms with Gasteiger partial charge in [-0.2, -0.15) is 5.10 Å². The summed E-state index contributed by atoms with van der Waals surface area (Å²) in [6, 6.07) is 10.6. The monoisotopic (exact) mass is 257 g/mol. The first-order valence-electron chi connectivity index (χ1n) is 6.74. The summed E-state index contributed by atoms with van der Waals surface area (Å²) < 4.78 is 1.92. The van der Waals surface area contributed by atoms with Crippen LogP contribution < -0.4 is 5.32 Å². The highest BCUT2D eigenvalue weighted by atomic mass is 15.3. The van der Waals surface area contributed by atoms with Gasteiger partial charge < -0.3 is 5.32 Å². The van der Waals surface area contributed by atoms with E-state index in [2.05, 4.69) is 61.5 Å². The molecule has 0 atom stereocenters. The number of aromatic nitrogens is 2. The Morgan fingerprint density at radius 2 is 1.89 bits per heavy atom. The van der Waals surface area contributed by atoms with Gasteiger partial charge in [0.1, 0.15) is 0 Å². The van der Waals surface area contributed by atoms with Crippen LogP contribution in [0.1, 0.15) is 30.7 Å². The van der Waals surface area contributed by atoms with Gasteiger partial charge in [-0.3, -0.25) is 4.68 Å². The Hall–Kier alpha value is -1.61. The maximum atomic E-state index is 4.27. The third-order valence-corrected chi connectivity index (χ3v) is 3.77. The van der Waals surface area contributed by atoms with Gasteiger partial charge in [0.15, 0.2) is 0 Å². The van der Waals surface area contributed by atoms with Gasteiger partial charge in [-0.05, 0) is 12.5 Å². The van der Waals surface area contributed by atoms with Crippen LogP contribution in [0.25, 0.3) is 0 Å². The van der Waals surface area contributed by atoms with E-state index in [1.165, 1.54) is 16.8 Å². The van der Waals surface area contributed by atoms with Crippen LogP contribution >= 0.6 is 0 Å². The van der Waals surface area contributed by atoms with Crippen molar-refractivity contribution in [3.05, 3.63) is 53.3 Å². The van der Waals surface area contributed by atoms with Gasteiger partial charge in [-0.1, -0.05) is 44.2 Å². The van der Waals surface area contributed by atoms with Gasteiger partial charge in [0.2, 0.25) is 0 Å². The van der Waals surface area contributed by atoms with Crippen LogP contribution in [0.5, 0.6) is 0 Å². The largest absolute Gasteiger partial charge is 0.312 e. The Bertz CT molecular complexity index is 526. The highest BCUT2D eigenvalue weighted by Gasteiger charge is 2.19. The quantitative estimate of drug-likeness (QED) is 0.892. The van der Waals surface area contributed by atoms with Crippen molar-refractivity contribution in [2.75, 3.05) is 6.54 Å². The molecule has 102 valence electrons. The Balaban J connectivity index is 1.94. The summed E-state index contributed by atoms with van der Waals surface area (Å²) >= 11 is 0. The smallest absolute Gasteiger partial charge is 0.0537 e. The third-order valence-electron chi connectivity index (χ3n) is 3.77. The highest BCUT2D eigenvalue weighted by Crippen LogP contribution is 2.21. The van der Waals surface area contributed by atoms with E-state index < -0.39 is 0 Å². The molecule has 0 aliphatic rings. The first-order valence-corrected chi connectivity index (χ1v) is 6.74. The van der Waals surface area contributed by atoms with Gasteiger partial charge in [0.05, 0.1) is 6.20 Å². The molecule has 0 radical (unpaired) electrons. The molecule has 0 saturated heterocycles. The van der Waals surface area contributed by atoms with Crippen molar-refractivity contribution in [3.63, 3.8) is 0 Å². The van der Waals surface area contributed by atoms with E-state index >= 15 is 0 Å². The maximum Gasteiger partial charge on any atom is 0.0537 e. The molecule has 1 aromatic carbocycles. The zero-order chi connectivity index (χ0) is 13.9. The minimum atomic E-state index is 0.136. The number of aryl methyl sites for hydroxylation is 1. The second-order valence-electron chi connectivity index (χ2n) is 5.73. The first kappa shape index (κ1) is 13.8. The molecule has 3 nitrogen and oxygen atoms in total. The van der Waals surface area contributed by atoms with E-state index in [0.717, 1.165) is 13.1 Å². The van der Waals surface area contributed by atoms with Gasteiger partial charge in [-0.25, -0.2) is 0 Å². The molecular formula is C16H23N3. The fourth-order valence-corrected chi connectivity index (χ4v) is 2.22. The number of hydrogen-bond donors (Lipinski definition) is 1. The van der Waals surface area contributed by atoms with Gasteiger partial charge in [0.25, 0.3) is 0 Å². The minimum absolute atomic E-state index is 0.136. The molecule has 1 N–H and O–H groups in total. The molecule has 0 amide bonds. The summed E-state index contributed by atoms with van der Waals surface area (Å²) in [6.07, 6.45) is 1.94. The minimum Gasteiger partial charge on any atom is -0.312 e. The lowest BCUT2D eigenvalue weighted by atomic mass is 9.84. The van der Waals surface area contributed by atoms with Gasteiger partial charge in [0, 0.05) is 36.8 Å². The molecule has 0 bridgehead atoms. The summed E-state index contributed by atoms with van der Waals surface area (Å²) in [5, 5.41) is 7.81. The molecule has 19 heavy (non-hydrogen) atoms. The molecule has 0 fully saturated rings. The van der Waals surface area contributed by atoms with Gasteiger partial charge in [-0.15, -0.1) is 0 Å². The molecule has 1 heterocycles. The molecule has 0 spiro atoms. The standard InChI is InChI=1S/C16H23N3/c1-13-14(11-18-19(13)4)10-17-12-16(2,3)15-8-6-5-7-9-15/h5-9,11,17H,10,12H2,1-4H3. The van der Waals surface area contributed by atoms with E-state index in [9.17, 15) is 0 Å². The number of nitrogens with zero attached hydrogens (tertiary/aromatic N) is 2. The predicted octanol–water partition coefficient (Wildman–Crippen LogP) is 2.80. The van der Waals surface area contributed by atoms with Crippen LogP contribution in [0, 0.1) is 6.92 Å². The Kier molecular flexibility index (Phi) is 4.05. The van der Waals surface area contributed by atoms with E-state index in [-0.39, 0.29) is 5.41 Å². The molecule has 2 aromatic rings. The first-order chi connectivity index (χ1) is 9.00. The van der Waals surface area contributed by atoms with E-state index in [4.69, 9.17) is 0 Å². The molecule has 2 rings (SSSR count). The molecule has 0 saturated carbocycles. The average Bonchev–Trinajstić information content (AvgIpc) is 2.72. The number of rotatable bonds is 5. The topological polar surface area (TPSA) is 29.9 Å². The zero-order valence-electron chi connectivity index (χ0n) is 12.3. The molecule has 0 aliphatic carbocycles. The van der Waals surface area contributed by atoms with Crippen LogP contribution in [-0.4, -0.2) is 16.3 Å². The predicted molar refractivity (Wildman–Crippen MR) is 79.1 cm³/mol. The molecule has 1 aromatic heterocycles. The SMILES string of the molecule is Cc1c(CNCC(C)(C)c2ccccc2)cnn1C. The van der Waals surface area contributed by atoms with Crippen molar-refractivity contribution in [1.82, 2.24) is 15.1 Å². The van der Waals surface area contributed by atoms with Crippen LogP contribution in [0.15, 0.2) is 36.5 Å². The summed E-state index contributed by atoms with van der Waals surface area (Å²) in [6.45, 7) is 8.46. The van der Waals surface area contributed by atoms with Crippen LogP contribution in [-0.2, 0) is 19.0 Å². The molecule has 0 unspecified atom stereocenters. The van der Waals surface area contributed by atoms with Crippen molar-refractivity contribution in [1.29, 1.82) is 0 Å². The van der Waals surface area contributed by atoms with Crippen molar-refractivity contribution in [2.24, 2.45) is 7.05 Å². The molecule has 0 aliphatic heterocycles. The molecule has 3 heteroatoms. The Labute approximate surface area is 115 Å².